The van der Waals surface area contributed by atoms with Gasteiger partial charge in [0.1, 0.15) is 11.9 Å². The van der Waals surface area contributed by atoms with Gasteiger partial charge in [-0.2, -0.15) is 0 Å². The fourth-order valence-electron chi connectivity index (χ4n) is 3.18. The molecule has 0 aliphatic heterocycles. The summed E-state index contributed by atoms with van der Waals surface area (Å²) in [6.07, 6.45) is 3.59. The molecule has 0 bridgehead atoms. The van der Waals surface area contributed by atoms with Gasteiger partial charge in [-0.3, -0.25) is 9.78 Å². The summed E-state index contributed by atoms with van der Waals surface area (Å²) in [5.74, 6) is 0.251. The van der Waals surface area contributed by atoms with Gasteiger partial charge in [-0.1, -0.05) is 48.5 Å². The normalized spacial score (nSPS) is 12.8. The van der Waals surface area contributed by atoms with Crippen molar-refractivity contribution in [2.75, 3.05) is 7.05 Å². The second-order valence-electron chi connectivity index (χ2n) is 6.92. The Bertz CT molecular complexity index is 929. The number of aliphatic hydroxyl groups excluding tert-OH is 1. The van der Waals surface area contributed by atoms with Crippen molar-refractivity contribution in [3.05, 3.63) is 84.2 Å². The molecule has 3 aromatic rings. The van der Waals surface area contributed by atoms with E-state index in [1.807, 2.05) is 61.5 Å². The van der Waals surface area contributed by atoms with E-state index >= 15 is 0 Å². The van der Waals surface area contributed by atoms with Crippen LogP contribution < -0.4 is 10.1 Å². The summed E-state index contributed by atoms with van der Waals surface area (Å²) in [7, 11) is 1.59. The van der Waals surface area contributed by atoms with Crippen LogP contribution in [0, 0.1) is 0 Å². The standard InChI is InChI=1S/C24H26N2O3/c1-17(22(27)14-13-18-8-7-15-26-16-18)29-23-20(19-9-4-3-5-10-19)11-6-12-21(23)24(28)25-2/h3-12,15-17,22,27H,13-14H2,1-2H3,(H,25,28). The highest BCUT2D eigenvalue weighted by Gasteiger charge is 2.22. The van der Waals surface area contributed by atoms with Gasteiger partial charge in [0.15, 0.2) is 0 Å². The molecule has 0 aliphatic rings. The van der Waals surface area contributed by atoms with Crippen LogP contribution in [0.1, 0.15) is 29.3 Å². The van der Waals surface area contributed by atoms with Gasteiger partial charge in [-0.05, 0) is 43.0 Å². The lowest BCUT2D eigenvalue weighted by Gasteiger charge is -2.24. The maximum Gasteiger partial charge on any atom is 0.254 e. The smallest absolute Gasteiger partial charge is 0.254 e. The Balaban J connectivity index is 1.83. The van der Waals surface area contributed by atoms with Gasteiger partial charge >= 0.3 is 0 Å². The number of hydrogen-bond donors (Lipinski definition) is 2. The molecule has 0 radical (unpaired) electrons. The summed E-state index contributed by atoms with van der Waals surface area (Å²) in [5.41, 5.74) is 3.28. The van der Waals surface area contributed by atoms with E-state index in [1.54, 1.807) is 25.5 Å². The number of carbonyl (C=O) groups is 1. The molecule has 3 rings (SSSR count). The first-order valence-electron chi connectivity index (χ1n) is 9.74. The van der Waals surface area contributed by atoms with E-state index in [0.29, 0.717) is 24.2 Å². The molecule has 2 atom stereocenters. The third-order valence-corrected chi connectivity index (χ3v) is 4.87. The van der Waals surface area contributed by atoms with E-state index in [-0.39, 0.29) is 5.91 Å². The average molecular weight is 390 g/mol. The third kappa shape index (κ3) is 5.21. The van der Waals surface area contributed by atoms with E-state index in [9.17, 15) is 9.90 Å². The third-order valence-electron chi connectivity index (χ3n) is 4.87. The minimum absolute atomic E-state index is 0.227. The van der Waals surface area contributed by atoms with Crippen molar-refractivity contribution in [2.24, 2.45) is 0 Å². The number of aliphatic hydroxyl groups is 1. The number of rotatable bonds is 8. The Morgan fingerprint density at radius 3 is 2.59 bits per heavy atom. The minimum atomic E-state index is -0.684. The molecular formula is C24H26N2O3. The number of pyridine rings is 1. The fraction of sp³-hybridized carbons (Fsp3) is 0.250. The van der Waals surface area contributed by atoms with Crippen LogP contribution >= 0.6 is 0 Å². The predicted molar refractivity (Wildman–Crippen MR) is 114 cm³/mol. The fourth-order valence-corrected chi connectivity index (χ4v) is 3.18. The molecule has 0 spiro atoms. The molecule has 0 saturated heterocycles. The molecule has 150 valence electrons. The number of aromatic nitrogens is 1. The van der Waals surface area contributed by atoms with Crippen molar-refractivity contribution < 1.29 is 14.6 Å². The number of para-hydroxylation sites is 1. The predicted octanol–water partition coefficient (Wildman–Crippen LogP) is 3.87. The second-order valence-corrected chi connectivity index (χ2v) is 6.92. The number of carbonyl (C=O) groups excluding carboxylic acids is 1. The van der Waals surface area contributed by atoms with Crippen LogP contribution in [0.25, 0.3) is 11.1 Å². The van der Waals surface area contributed by atoms with Gasteiger partial charge < -0.3 is 15.2 Å². The first-order chi connectivity index (χ1) is 14.1. The van der Waals surface area contributed by atoms with E-state index in [0.717, 1.165) is 16.7 Å². The largest absolute Gasteiger partial charge is 0.487 e. The molecule has 1 aromatic heterocycles. The summed E-state index contributed by atoms with van der Waals surface area (Å²) in [6.45, 7) is 1.82. The Hall–Kier alpha value is -3.18. The Labute approximate surface area is 171 Å². The SMILES string of the molecule is CNC(=O)c1cccc(-c2ccccc2)c1OC(C)C(O)CCc1cccnc1. The van der Waals surface area contributed by atoms with Crippen molar-refractivity contribution in [3.8, 4) is 16.9 Å². The van der Waals surface area contributed by atoms with E-state index in [1.165, 1.54) is 0 Å². The van der Waals surface area contributed by atoms with Crippen LogP contribution in [-0.2, 0) is 6.42 Å². The summed E-state index contributed by atoms with van der Waals surface area (Å²) >= 11 is 0. The molecule has 2 N–H and O–H groups in total. The zero-order valence-corrected chi connectivity index (χ0v) is 16.7. The number of nitrogens with one attached hydrogen (secondary N) is 1. The maximum absolute atomic E-state index is 12.4. The van der Waals surface area contributed by atoms with Crippen LogP contribution in [0.2, 0.25) is 0 Å². The number of benzene rings is 2. The van der Waals surface area contributed by atoms with E-state index in [4.69, 9.17) is 4.74 Å². The average Bonchev–Trinajstić information content (AvgIpc) is 2.78. The van der Waals surface area contributed by atoms with E-state index in [2.05, 4.69) is 10.3 Å². The van der Waals surface area contributed by atoms with Crippen molar-refractivity contribution in [2.45, 2.75) is 32.0 Å². The van der Waals surface area contributed by atoms with Gasteiger partial charge in [0.25, 0.3) is 5.91 Å². The lowest BCUT2D eigenvalue weighted by molar-refractivity contribution is 0.0416. The molecule has 1 heterocycles. The number of amides is 1. The van der Waals surface area contributed by atoms with Crippen molar-refractivity contribution in [1.82, 2.24) is 10.3 Å². The minimum Gasteiger partial charge on any atom is -0.487 e. The molecule has 2 aromatic carbocycles. The summed E-state index contributed by atoms with van der Waals surface area (Å²) < 4.78 is 6.18. The Morgan fingerprint density at radius 1 is 1.10 bits per heavy atom. The van der Waals surface area contributed by atoms with Gasteiger partial charge in [0.2, 0.25) is 0 Å². The molecule has 29 heavy (non-hydrogen) atoms. The zero-order chi connectivity index (χ0) is 20.6. The molecular weight excluding hydrogens is 364 g/mol. The highest BCUT2D eigenvalue weighted by Crippen LogP contribution is 2.34. The van der Waals surface area contributed by atoms with Crippen LogP contribution in [0.5, 0.6) is 5.75 Å². The monoisotopic (exact) mass is 390 g/mol. The molecule has 0 aliphatic carbocycles. The van der Waals surface area contributed by atoms with E-state index < -0.39 is 12.2 Å². The number of hydrogen-bond acceptors (Lipinski definition) is 4. The summed E-state index contributed by atoms with van der Waals surface area (Å²) in [6, 6.07) is 19.1. The summed E-state index contributed by atoms with van der Waals surface area (Å²) in [4.78, 5) is 16.5. The van der Waals surface area contributed by atoms with Crippen molar-refractivity contribution in [1.29, 1.82) is 0 Å². The Morgan fingerprint density at radius 2 is 1.90 bits per heavy atom. The number of aryl methyl sites for hydroxylation is 1. The topological polar surface area (TPSA) is 71.5 Å². The van der Waals surface area contributed by atoms with Crippen molar-refractivity contribution >= 4 is 5.91 Å². The van der Waals surface area contributed by atoms with Crippen LogP contribution in [0.4, 0.5) is 0 Å². The van der Waals surface area contributed by atoms with Crippen LogP contribution in [-0.4, -0.2) is 35.3 Å². The number of ether oxygens (including phenoxy) is 1. The van der Waals surface area contributed by atoms with Crippen molar-refractivity contribution in [3.63, 3.8) is 0 Å². The number of nitrogens with zero attached hydrogens (tertiary/aromatic N) is 1. The molecule has 2 unspecified atom stereocenters. The lowest BCUT2D eigenvalue weighted by Crippen LogP contribution is -2.30. The second kappa shape index (κ2) is 9.85. The quantitative estimate of drug-likeness (QED) is 0.613. The van der Waals surface area contributed by atoms with Gasteiger partial charge in [0, 0.05) is 25.0 Å². The van der Waals surface area contributed by atoms with Gasteiger partial charge in [0.05, 0.1) is 11.7 Å². The molecule has 1 amide bonds. The first kappa shape index (κ1) is 20.6. The lowest BCUT2D eigenvalue weighted by atomic mass is 10.00. The highest BCUT2D eigenvalue weighted by atomic mass is 16.5. The highest BCUT2D eigenvalue weighted by molar-refractivity contribution is 5.99. The molecule has 5 heteroatoms. The zero-order valence-electron chi connectivity index (χ0n) is 16.7. The van der Waals surface area contributed by atoms with Crippen LogP contribution in [0.3, 0.4) is 0 Å². The van der Waals surface area contributed by atoms with Crippen LogP contribution in [0.15, 0.2) is 73.1 Å². The molecule has 0 saturated carbocycles. The molecule has 0 fully saturated rings. The molecule has 5 nitrogen and oxygen atoms in total. The maximum atomic E-state index is 12.4. The first-order valence-corrected chi connectivity index (χ1v) is 9.74. The summed E-state index contributed by atoms with van der Waals surface area (Å²) in [5, 5.41) is 13.3. The van der Waals surface area contributed by atoms with Gasteiger partial charge in [-0.15, -0.1) is 0 Å². The Kier molecular flexibility index (Phi) is 6.98. The van der Waals surface area contributed by atoms with Gasteiger partial charge in [-0.25, -0.2) is 0 Å².